The Morgan fingerprint density at radius 3 is 2.70 bits per heavy atom. The van der Waals surface area contributed by atoms with E-state index >= 15 is 0 Å². The maximum absolute atomic E-state index is 12.0. The third-order valence-corrected chi connectivity index (χ3v) is 5.38. The first-order valence-electron chi connectivity index (χ1n) is 7.00. The summed E-state index contributed by atoms with van der Waals surface area (Å²) in [5.74, 6) is 0. The molecule has 6 heteroatoms. The Balaban J connectivity index is 1.67. The summed E-state index contributed by atoms with van der Waals surface area (Å²) in [5, 5.41) is 2.92. The van der Waals surface area contributed by atoms with Gasteiger partial charge in [-0.15, -0.1) is 11.3 Å². The number of H-pyrrole nitrogens is 1. The second-order valence-corrected chi connectivity index (χ2v) is 7.65. The Morgan fingerprint density at radius 2 is 2.00 bits per heavy atom. The van der Waals surface area contributed by atoms with Gasteiger partial charge in [0, 0.05) is 17.6 Å². The summed E-state index contributed by atoms with van der Waals surface area (Å²) in [6.07, 6.45) is 5.89. The molecular formula is C14H18BrN3OS. The van der Waals surface area contributed by atoms with Gasteiger partial charge in [0.1, 0.15) is 0 Å². The average Bonchev–Trinajstić information content (AvgIpc) is 3.04. The van der Waals surface area contributed by atoms with Crippen molar-refractivity contribution in [2.45, 2.75) is 25.8 Å². The lowest BCUT2D eigenvalue weighted by Gasteiger charge is -2.26. The molecule has 1 fully saturated rings. The molecule has 1 aliphatic rings. The molecule has 4 nitrogen and oxygen atoms in total. The van der Waals surface area contributed by atoms with Gasteiger partial charge in [-0.05, 0) is 54.0 Å². The number of hydrogen-bond acceptors (Lipinski definition) is 3. The van der Waals surface area contributed by atoms with Gasteiger partial charge in [-0.3, -0.25) is 14.6 Å². The van der Waals surface area contributed by atoms with Crippen molar-refractivity contribution in [3.8, 4) is 10.4 Å². The first kappa shape index (κ1) is 14.1. The van der Waals surface area contributed by atoms with Gasteiger partial charge >= 0.3 is 0 Å². The van der Waals surface area contributed by atoms with Crippen molar-refractivity contribution in [1.29, 1.82) is 0 Å². The Labute approximate surface area is 130 Å². The number of nitrogens with one attached hydrogen (secondary N) is 1. The summed E-state index contributed by atoms with van der Waals surface area (Å²) < 4.78 is 2.97. The standard InChI is InChI=1S/C14H18BrN3OS/c15-13-5-4-12(20-13)11-10-18(16-14(11)19)9-8-17-6-2-1-3-7-17/h4-5,10H,1-3,6-9H2,(H,16,19). The lowest BCUT2D eigenvalue weighted by Crippen LogP contribution is -2.32. The second-order valence-electron chi connectivity index (χ2n) is 5.18. The summed E-state index contributed by atoms with van der Waals surface area (Å²) in [4.78, 5) is 15.5. The summed E-state index contributed by atoms with van der Waals surface area (Å²) >= 11 is 5.02. The van der Waals surface area contributed by atoms with Crippen LogP contribution in [0.15, 0.2) is 26.9 Å². The normalized spacial score (nSPS) is 16.6. The fourth-order valence-electron chi connectivity index (χ4n) is 2.62. The van der Waals surface area contributed by atoms with E-state index in [1.807, 2.05) is 23.0 Å². The van der Waals surface area contributed by atoms with E-state index in [2.05, 4.69) is 25.9 Å². The minimum absolute atomic E-state index is 0.00186. The molecule has 0 radical (unpaired) electrons. The molecule has 1 aliphatic heterocycles. The lowest BCUT2D eigenvalue weighted by molar-refractivity contribution is 0.218. The molecule has 0 aliphatic carbocycles. The zero-order chi connectivity index (χ0) is 13.9. The molecule has 3 rings (SSSR count). The Bertz CT molecular complexity index is 624. The van der Waals surface area contributed by atoms with Crippen LogP contribution < -0.4 is 5.56 Å². The van der Waals surface area contributed by atoms with Gasteiger partial charge in [0.05, 0.1) is 15.9 Å². The molecule has 0 amide bonds. The van der Waals surface area contributed by atoms with Crippen LogP contribution in [0.4, 0.5) is 0 Å². The van der Waals surface area contributed by atoms with Gasteiger partial charge in [0.2, 0.25) is 0 Å². The molecule has 0 unspecified atom stereocenters. The van der Waals surface area contributed by atoms with Gasteiger partial charge in [0.25, 0.3) is 5.56 Å². The van der Waals surface area contributed by atoms with Crippen LogP contribution in [0, 0.1) is 0 Å². The van der Waals surface area contributed by atoms with E-state index in [4.69, 9.17) is 0 Å². The zero-order valence-electron chi connectivity index (χ0n) is 11.3. The van der Waals surface area contributed by atoms with Crippen molar-refractivity contribution < 1.29 is 0 Å². The largest absolute Gasteiger partial charge is 0.302 e. The third-order valence-electron chi connectivity index (χ3n) is 3.72. The molecule has 0 spiro atoms. The molecule has 0 aromatic carbocycles. The van der Waals surface area contributed by atoms with Crippen molar-refractivity contribution in [2.75, 3.05) is 19.6 Å². The van der Waals surface area contributed by atoms with E-state index in [1.165, 1.54) is 32.4 Å². The molecular weight excluding hydrogens is 338 g/mol. The van der Waals surface area contributed by atoms with Gasteiger partial charge in [-0.25, -0.2) is 0 Å². The smallest absolute Gasteiger partial charge is 0.272 e. The number of aromatic amines is 1. The van der Waals surface area contributed by atoms with Crippen molar-refractivity contribution in [3.05, 3.63) is 32.5 Å². The number of hydrogen-bond donors (Lipinski definition) is 1. The van der Waals surface area contributed by atoms with Gasteiger partial charge in [-0.2, -0.15) is 0 Å². The number of aromatic nitrogens is 2. The van der Waals surface area contributed by atoms with Crippen molar-refractivity contribution >= 4 is 27.3 Å². The summed E-state index contributed by atoms with van der Waals surface area (Å²) in [5.41, 5.74) is 0.761. The zero-order valence-corrected chi connectivity index (χ0v) is 13.7. The number of rotatable bonds is 4. The van der Waals surface area contributed by atoms with Crippen LogP contribution in [0.5, 0.6) is 0 Å². The maximum Gasteiger partial charge on any atom is 0.272 e. The molecule has 0 atom stereocenters. The molecule has 1 N–H and O–H groups in total. The minimum atomic E-state index is -0.00186. The quantitative estimate of drug-likeness (QED) is 0.914. The Kier molecular flexibility index (Phi) is 4.43. The number of thiophene rings is 1. The predicted octanol–water partition coefficient (Wildman–Crippen LogP) is 3.15. The lowest BCUT2D eigenvalue weighted by atomic mass is 10.1. The van der Waals surface area contributed by atoms with Crippen LogP contribution in [-0.2, 0) is 6.54 Å². The second kappa shape index (κ2) is 6.28. The Hall–Kier alpha value is -0.850. The first-order valence-corrected chi connectivity index (χ1v) is 8.61. The van der Waals surface area contributed by atoms with E-state index in [9.17, 15) is 4.79 Å². The molecule has 20 heavy (non-hydrogen) atoms. The topological polar surface area (TPSA) is 41.0 Å². The number of nitrogens with zero attached hydrogens (tertiary/aromatic N) is 2. The van der Waals surface area contributed by atoms with Gasteiger partial charge < -0.3 is 4.90 Å². The van der Waals surface area contributed by atoms with E-state index in [0.717, 1.165) is 27.3 Å². The van der Waals surface area contributed by atoms with Crippen molar-refractivity contribution in [2.24, 2.45) is 0 Å². The maximum atomic E-state index is 12.0. The van der Waals surface area contributed by atoms with E-state index in [0.29, 0.717) is 0 Å². The van der Waals surface area contributed by atoms with Crippen LogP contribution >= 0.6 is 27.3 Å². The molecule has 3 heterocycles. The average molecular weight is 356 g/mol. The highest BCUT2D eigenvalue weighted by atomic mass is 79.9. The number of likely N-dealkylation sites (tertiary alicyclic amines) is 1. The molecule has 0 bridgehead atoms. The third kappa shape index (κ3) is 3.24. The minimum Gasteiger partial charge on any atom is -0.302 e. The first-order chi connectivity index (χ1) is 9.72. The van der Waals surface area contributed by atoms with Crippen LogP contribution in [0.1, 0.15) is 19.3 Å². The SMILES string of the molecule is O=c1[nH]n(CCN2CCCCC2)cc1-c1ccc(Br)s1. The number of piperidine rings is 1. The highest BCUT2D eigenvalue weighted by Gasteiger charge is 2.12. The molecule has 0 saturated carbocycles. The van der Waals surface area contributed by atoms with Gasteiger partial charge in [0.15, 0.2) is 0 Å². The molecule has 108 valence electrons. The highest BCUT2D eigenvalue weighted by molar-refractivity contribution is 9.11. The molecule has 2 aromatic rings. The summed E-state index contributed by atoms with van der Waals surface area (Å²) in [6.45, 7) is 4.24. The highest BCUT2D eigenvalue weighted by Crippen LogP contribution is 2.29. The van der Waals surface area contributed by atoms with Gasteiger partial charge in [-0.1, -0.05) is 6.42 Å². The monoisotopic (exact) mass is 355 g/mol. The van der Waals surface area contributed by atoms with E-state index in [1.54, 1.807) is 11.3 Å². The Morgan fingerprint density at radius 1 is 1.20 bits per heavy atom. The molecule has 1 saturated heterocycles. The number of halogens is 1. The van der Waals surface area contributed by atoms with Crippen LogP contribution in [0.3, 0.4) is 0 Å². The summed E-state index contributed by atoms with van der Waals surface area (Å²) in [6, 6.07) is 3.96. The van der Waals surface area contributed by atoms with Crippen LogP contribution in [0.25, 0.3) is 10.4 Å². The molecule has 2 aromatic heterocycles. The van der Waals surface area contributed by atoms with Crippen LogP contribution in [-0.4, -0.2) is 34.3 Å². The fraction of sp³-hybridized carbons (Fsp3) is 0.500. The van der Waals surface area contributed by atoms with Crippen molar-refractivity contribution in [1.82, 2.24) is 14.7 Å². The van der Waals surface area contributed by atoms with E-state index in [-0.39, 0.29) is 5.56 Å². The predicted molar refractivity (Wildman–Crippen MR) is 86.4 cm³/mol. The van der Waals surface area contributed by atoms with Crippen LogP contribution in [0.2, 0.25) is 0 Å². The summed E-state index contributed by atoms with van der Waals surface area (Å²) in [7, 11) is 0. The van der Waals surface area contributed by atoms with E-state index < -0.39 is 0 Å². The fourth-order valence-corrected chi connectivity index (χ4v) is 4.02. The van der Waals surface area contributed by atoms with Crippen molar-refractivity contribution in [3.63, 3.8) is 0 Å².